The number of hydrogen-bond donors (Lipinski definition) is 2. The first-order chi connectivity index (χ1) is 8.90. The summed E-state index contributed by atoms with van der Waals surface area (Å²) in [6, 6.07) is 1.32. The van der Waals surface area contributed by atoms with Crippen LogP contribution >= 0.6 is 0 Å². The summed E-state index contributed by atoms with van der Waals surface area (Å²) in [5, 5.41) is 12.0. The molecule has 1 aromatic heterocycles. The number of amides is 2. The molecule has 2 N–H and O–H groups in total. The Morgan fingerprint density at radius 3 is 2.68 bits per heavy atom. The molecule has 0 saturated carbocycles. The lowest BCUT2D eigenvalue weighted by Gasteiger charge is -2.17. The molecule has 6 heteroatoms. The van der Waals surface area contributed by atoms with E-state index in [-0.39, 0.29) is 29.7 Å². The molecular weight excluding hydrogens is 246 g/mol. The molecule has 0 aliphatic rings. The van der Waals surface area contributed by atoms with Gasteiger partial charge in [0.25, 0.3) is 5.91 Å². The van der Waals surface area contributed by atoms with Gasteiger partial charge in [-0.1, -0.05) is 13.8 Å². The molecule has 0 aliphatic heterocycles. The van der Waals surface area contributed by atoms with Gasteiger partial charge in [-0.05, 0) is 12.0 Å². The second-order valence-electron chi connectivity index (χ2n) is 4.79. The normalized spacial score (nSPS) is 10.3. The average Bonchev–Trinajstić information content (AvgIpc) is 2.35. The first kappa shape index (κ1) is 14.9. The highest BCUT2D eigenvalue weighted by molar-refractivity contribution is 5.96. The van der Waals surface area contributed by atoms with E-state index in [4.69, 9.17) is 0 Å². The Morgan fingerprint density at radius 1 is 1.42 bits per heavy atom. The Labute approximate surface area is 112 Å². The summed E-state index contributed by atoms with van der Waals surface area (Å²) >= 11 is 0. The predicted octanol–water partition coefficient (Wildman–Crippen LogP) is 0.631. The van der Waals surface area contributed by atoms with Crippen LogP contribution in [0.5, 0.6) is 5.75 Å². The summed E-state index contributed by atoms with van der Waals surface area (Å²) in [5.74, 6) is -0.288. The second-order valence-corrected chi connectivity index (χ2v) is 4.79. The molecule has 1 aromatic rings. The van der Waals surface area contributed by atoms with Gasteiger partial charge in [-0.2, -0.15) is 0 Å². The van der Waals surface area contributed by atoms with Gasteiger partial charge >= 0.3 is 0 Å². The van der Waals surface area contributed by atoms with E-state index >= 15 is 0 Å². The number of rotatable bonds is 5. The molecule has 0 fully saturated rings. The van der Waals surface area contributed by atoms with Crippen LogP contribution in [0.3, 0.4) is 0 Å². The number of aromatic hydroxyl groups is 1. The van der Waals surface area contributed by atoms with Crippen molar-refractivity contribution in [2.24, 2.45) is 5.92 Å². The molecule has 19 heavy (non-hydrogen) atoms. The molecule has 104 valence electrons. The molecule has 6 nitrogen and oxygen atoms in total. The minimum atomic E-state index is -0.358. The topological polar surface area (TPSA) is 82.5 Å². The van der Waals surface area contributed by atoms with Gasteiger partial charge in [0, 0.05) is 19.8 Å². The van der Waals surface area contributed by atoms with Crippen molar-refractivity contribution in [3.63, 3.8) is 0 Å². The maximum Gasteiger partial charge on any atom is 0.255 e. The molecule has 0 unspecified atom stereocenters. The third-order valence-corrected chi connectivity index (χ3v) is 2.41. The van der Waals surface area contributed by atoms with Gasteiger partial charge < -0.3 is 15.3 Å². The number of likely N-dealkylation sites (N-methyl/N-ethyl adjacent to an activating group) is 1. The Hall–Kier alpha value is -2.11. The SMILES string of the molecule is CC(C)CNC(=O)CN(C)C(=O)c1cncc(O)c1. The second kappa shape index (κ2) is 6.72. The van der Waals surface area contributed by atoms with Gasteiger partial charge in [0.05, 0.1) is 18.3 Å². The van der Waals surface area contributed by atoms with E-state index in [2.05, 4.69) is 10.3 Å². The fraction of sp³-hybridized carbons (Fsp3) is 0.462. The number of carbonyl (C=O) groups excluding carboxylic acids is 2. The monoisotopic (exact) mass is 265 g/mol. The number of carbonyl (C=O) groups is 2. The summed E-state index contributed by atoms with van der Waals surface area (Å²) < 4.78 is 0. The lowest BCUT2D eigenvalue weighted by atomic mass is 10.2. The zero-order chi connectivity index (χ0) is 14.4. The van der Waals surface area contributed by atoms with Crippen LogP contribution < -0.4 is 5.32 Å². The van der Waals surface area contributed by atoms with Crippen molar-refractivity contribution in [2.45, 2.75) is 13.8 Å². The maximum absolute atomic E-state index is 12.0. The smallest absolute Gasteiger partial charge is 0.255 e. The minimum absolute atomic E-state index is 0.0266. The fourth-order valence-corrected chi connectivity index (χ4v) is 1.43. The Bertz CT molecular complexity index is 460. The molecule has 2 amide bonds. The molecule has 0 atom stereocenters. The number of pyridine rings is 1. The van der Waals surface area contributed by atoms with Crippen LogP contribution in [0.15, 0.2) is 18.5 Å². The minimum Gasteiger partial charge on any atom is -0.506 e. The van der Waals surface area contributed by atoms with Crippen LogP contribution in [0.4, 0.5) is 0 Å². The lowest BCUT2D eigenvalue weighted by Crippen LogP contribution is -2.39. The lowest BCUT2D eigenvalue weighted by molar-refractivity contribution is -0.121. The van der Waals surface area contributed by atoms with Crippen molar-refractivity contribution in [3.05, 3.63) is 24.0 Å². The Balaban J connectivity index is 2.55. The van der Waals surface area contributed by atoms with Gasteiger partial charge in [0.1, 0.15) is 5.75 Å². The van der Waals surface area contributed by atoms with Crippen molar-refractivity contribution < 1.29 is 14.7 Å². The zero-order valence-corrected chi connectivity index (χ0v) is 11.4. The maximum atomic E-state index is 12.0. The quantitative estimate of drug-likeness (QED) is 0.818. The van der Waals surface area contributed by atoms with Gasteiger partial charge in [-0.3, -0.25) is 14.6 Å². The summed E-state index contributed by atoms with van der Waals surface area (Å²) in [5.41, 5.74) is 0.249. The first-order valence-corrected chi connectivity index (χ1v) is 6.06. The molecular formula is C13H19N3O3. The molecule has 0 aromatic carbocycles. The van der Waals surface area contributed by atoms with Crippen LogP contribution in [0.2, 0.25) is 0 Å². The van der Waals surface area contributed by atoms with Crippen LogP contribution in [-0.2, 0) is 4.79 Å². The van der Waals surface area contributed by atoms with Crippen LogP contribution in [-0.4, -0.2) is 46.9 Å². The van der Waals surface area contributed by atoms with Crippen molar-refractivity contribution in [1.82, 2.24) is 15.2 Å². The van der Waals surface area contributed by atoms with E-state index in [1.165, 1.54) is 30.4 Å². The molecule has 1 heterocycles. The first-order valence-electron chi connectivity index (χ1n) is 6.06. The highest BCUT2D eigenvalue weighted by Gasteiger charge is 2.15. The molecule has 0 radical (unpaired) electrons. The number of hydrogen-bond acceptors (Lipinski definition) is 4. The van der Waals surface area contributed by atoms with Gasteiger partial charge in [0.15, 0.2) is 0 Å². The average molecular weight is 265 g/mol. The van der Waals surface area contributed by atoms with Gasteiger partial charge in [-0.25, -0.2) is 0 Å². The zero-order valence-electron chi connectivity index (χ0n) is 11.4. The number of aromatic nitrogens is 1. The van der Waals surface area contributed by atoms with Crippen LogP contribution in [0.25, 0.3) is 0 Å². The Morgan fingerprint density at radius 2 is 2.11 bits per heavy atom. The number of nitrogens with one attached hydrogen (secondary N) is 1. The summed E-state index contributed by atoms with van der Waals surface area (Å²) in [7, 11) is 1.53. The standard InChI is InChI=1S/C13H19N3O3/c1-9(2)5-15-12(18)8-16(3)13(19)10-4-11(17)7-14-6-10/h4,6-7,9,17H,5,8H2,1-3H3,(H,15,18). The molecule has 0 spiro atoms. The van der Waals surface area contributed by atoms with Crippen LogP contribution in [0.1, 0.15) is 24.2 Å². The largest absolute Gasteiger partial charge is 0.506 e. The molecule has 0 saturated heterocycles. The highest BCUT2D eigenvalue weighted by Crippen LogP contribution is 2.10. The molecule has 1 rings (SSSR count). The van der Waals surface area contributed by atoms with Crippen molar-refractivity contribution >= 4 is 11.8 Å². The Kier molecular flexibility index (Phi) is 5.29. The fourth-order valence-electron chi connectivity index (χ4n) is 1.43. The van der Waals surface area contributed by atoms with E-state index in [9.17, 15) is 14.7 Å². The molecule has 0 aliphatic carbocycles. The van der Waals surface area contributed by atoms with E-state index in [0.717, 1.165) is 0 Å². The van der Waals surface area contributed by atoms with Gasteiger partial charge in [0.2, 0.25) is 5.91 Å². The van der Waals surface area contributed by atoms with Crippen molar-refractivity contribution in [3.8, 4) is 5.75 Å². The number of nitrogens with zero attached hydrogens (tertiary/aromatic N) is 2. The summed E-state index contributed by atoms with van der Waals surface area (Å²) in [6.07, 6.45) is 2.59. The molecule has 0 bridgehead atoms. The van der Waals surface area contributed by atoms with E-state index < -0.39 is 0 Å². The highest BCUT2D eigenvalue weighted by atomic mass is 16.3. The van der Waals surface area contributed by atoms with Crippen molar-refractivity contribution in [1.29, 1.82) is 0 Å². The van der Waals surface area contributed by atoms with E-state index in [0.29, 0.717) is 12.5 Å². The predicted molar refractivity (Wildman–Crippen MR) is 70.7 cm³/mol. The van der Waals surface area contributed by atoms with Gasteiger partial charge in [-0.15, -0.1) is 0 Å². The summed E-state index contributed by atoms with van der Waals surface area (Å²) in [6.45, 7) is 4.54. The van der Waals surface area contributed by atoms with Crippen LogP contribution in [0, 0.1) is 5.92 Å². The third-order valence-electron chi connectivity index (χ3n) is 2.41. The van der Waals surface area contributed by atoms with E-state index in [1.807, 2.05) is 13.8 Å². The van der Waals surface area contributed by atoms with Crippen molar-refractivity contribution in [2.75, 3.05) is 20.1 Å². The third kappa shape index (κ3) is 4.95. The summed E-state index contributed by atoms with van der Waals surface area (Å²) in [4.78, 5) is 28.6. The van der Waals surface area contributed by atoms with E-state index in [1.54, 1.807) is 0 Å².